The second-order valence-electron chi connectivity index (χ2n) is 6.63. The number of nitrogens with zero attached hydrogens (tertiary/aromatic N) is 2. The van der Waals surface area contributed by atoms with Crippen LogP contribution in [0.25, 0.3) is 0 Å². The van der Waals surface area contributed by atoms with Crippen molar-refractivity contribution in [1.29, 1.82) is 0 Å². The smallest absolute Gasteiger partial charge is 0.298 e. The monoisotopic (exact) mass is 362 g/mol. The number of alkyl halides is 3. The van der Waals surface area contributed by atoms with Crippen LogP contribution in [0, 0.1) is 11.8 Å². The molecule has 0 aliphatic carbocycles. The lowest BCUT2D eigenvalue weighted by Gasteiger charge is -2.21. The van der Waals surface area contributed by atoms with E-state index >= 15 is 0 Å². The van der Waals surface area contributed by atoms with Crippen molar-refractivity contribution >= 4 is 10.0 Å². The SMILES string of the molecule is CCS(=O)(=O)N1CC2CN(Cc3ccc(C(F)(F)F)cc3)CC2C1. The van der Waals surface area contributed by atoms with E-state index in [4.69, 9.17) is 0 Å². The Balaban J connectivity index is 1.57. The summed E-state index contributed by atoms with van der Waals surface area (Å²) in [6.07, 6.45) is -4.31. The van der Waals surface area contributed by atoms with E-state index in [9.17, 15) is 21.6 Å². The van der Waals surface area contributed by atoms with Gasteiger partial charge in [-0.25, -0.2) is 12.7 Å². The van der Waals surface area contributed by atoms with Crippen LogP contribution >= 0.6 is 0 Å². The van der Waals surface area contributed by atoms with Crippen LogP contribution < -0.4 is 0 Å². The highest BCUT2D eigenvalue weighted by molar-refractivity contribution is 7.89. The number of likely N-dealkylation sites (tertiary alicyclic amines) is 1. The van der Waals surface area contributed by atoms with Crippen molar-refractivity contribution in [2.75, 3.05) is 31.9 Å². The van der Waals surface area contributed by atoms with Gasteiger partial charge in [0.15, 0.2) is 0 Å². The zero-order valence-electron chi connectivity index (χ0n) is 13.5. The zero-order valence-corrected chi connectivity index (χ0v) is 14.3. The van der Waals surface area contributed by atoms with Crippen LogP contribution in [0.15, 0.2) is 24.3 Å². The van der Waals surface area contributed by atoms with E-state index in [1.165, 1.54) is 12.1 Å². The molecule has 2 unspecified atom stereocenters. The molecule has 134 valence electrons. The van der Waals surface area contributed by atoms with Crippen LogP contribution in [0.3, 0.4) is 0 Å². The molecule has 24 heavy (non-hydrogen) atoms. The molecule has 2 fully saturated rings. The summed E-state index contributed by atoms with van der Waals surface area (Å²) in [7, 11) is -3.13. The lowest BCUT2D eigenvalue weighted by Crippen LogP contribution is -2.34. The van der Waals surface area contributed by atoms with Gasteiger partial charge in [0, 0.05) is 32.7 Å². The van der Waals surface area contributed by atoms with Gasteiger partial charge in [0.25, 0.3) is 0 Å². The number of fused-ring (bicyclic) bond motifs is 1. The predicted molar refractivity (Wildman–Crippen MR) is 84.7 cm³/mol. The molecular formula is C16H21F3N2O2S. The molecule has 0 saturated carbocycles. The molecule has 0 spiro atoms. The molecule has 2 aliphatic rings. The molecule has 0 N–H and O–H groups in total. The van der Waals surface area contributed by atoms with Gasteiger partial charge in [-0.3, -0.25) is 4.90 Å². The normalized spacial score (nSPS) is 26.0. The number of hydrogen-bond acceptors (Lipinski definition) is 3. The standard InChI is InChI=1S/C16H21F3N2O2S/c1-2-24(22,23)21-10-13-8-20(9-14(13)11-21)7-12-3-5-15(6-4-12)16(17,18)19/h3-6,13-14H,2,7-11H2,1H3. The largest absolute Gasteiger partial charge is 0.416 e. The van der Waals surface area contributed by atoms with E-state index in [1.54, 1.807) is 11.2 Å². The summed E-state index contributed by atoms with van der Waals surface area (Å²) in [6, 6.07) is 5.26. The average molecular weight is 362 g/mol. The second kappa shape index (κ2) is 6.31. The summed E-state index contributed by atoms with van der Waals surface area (Å²) in [5, 5.41) is 0. The summed E-state index contributed by atoms with van der Waals surface area (Å²) in [4.78, 5) is 2.20. The Morgan fingerprint density at radius 1 is 1.04 bits per heavy atom. The van der Waals surface area contributed by atoms with Crippen molar-refractivity contribution < 1.29 is 21.6 Å². The Morgan fingerprint density at radius 3 is 2.04 bits per heavy atom. The highest BCUT2D eigenvalue weighted by Crippen LogP contribution is 2.34. The van der Waals surface area contributed by atoms with Gasteiger partial charge >= 0.3 is 6.18 Å². The molecule has 4 nitrogen and oxygen atoms in total. The Labute approximate surface area is 140 Å². The minimum Gasteiger partial charge on any atom is -0.298 e. The number of benzene rings is 1. The van der Waals surface area contributed by atoms with Crippen LogP contribution in [0.5, 0.6) is 0 Å². The van der Waals surface area contributed by atoms with Crippen LogP contribution in [0.1, 0.15) is 18.1 Å². The molecule has 1 aromatic rings. The molecule has 0 aromatic heterocycles. The summed E-state index contributed by atoms with van der Waals surface area (Å²) in [5.74, 6) is 0.767. The van der Waals surface area contributed by atoms with E-state index in [1.807, 2.05) is 0 Å². The maximum Gasteiger partial charge on any atom is 0.416 e. The topological polar surface area (TPSA) is 40.6 Å². The van der Waals surface area contributed by atoms with Gasteiger partial charge in [-0.15, -0.1) is 0 Å². The Bertz CT molecular complexity index is 674. The van der Waals surface area contributed by atoms with Gasteiger partial charge in [-0.2, -0.15) is 13.2 Å². The molecule has 1 aromatic carbocycles. The average Bonchev–Trinajstić information content (AvgIpc) is 3.05. The third-order valence-corrected chi connectivity index (χ3v) is 6.79. The number of sulfonamides is 1. The first-order chi connectivity index (χ1) is 11.2. The minimum absolute atomic E-state index is 0.127. The van der Waals surface area contributed by atoms with Crippen molar-refractivity contribution in [1.82, 2.24) is 9.21 Å². The molecule has 0 radical (unpaired) electrons. The minimum atomic E-state index is -4.31. The first-order valence-electron chi connectivity index (χ1n) is 8.05. The summed E-state index contributed by atoms with van der Waals surface area (Å²) >= 11 is 0. The Morgan fingerprint density at radius 2 is 1.58 bits per heavy atom. The van der Waals surface area contributed by atoms with Crippen molar-refractivity contribution in [3.05, 3.63) is 35.4 Å². The number of halogens is 3. The molecule has 0 amide bonds. The van der Waals surface area contributed by atoms with E-state index in [2.05, 4.69) is 4.90 Å². The maximum absolute atomic E-state index is 12.6. The van der Waals surface area contributed by atoms with E-state index in [0.717, 1.165) is 30.8 Å². The number of hydrogen-bond donors (Lipinski definition) is 0. The third kappa shape index (κ3) is 3.60. The van der Waals surface area contributed by atoms with Crippen molar-refractivity contribution in [2.45, 2.75) is 19.6 Å². The highest BCUT2D eigenvalue weighted by atomic mass is 32.2. The first-order valence-corrected chi connectivity index (χ1v) is 9.66. The molecule has 2 aliphatic heterocycles. The fourth-order valence-electron chi connectivity index (χ4n) is 3.64. The van der Waals surface area contributed by atoms with Crippen LogP contribution in [0.2, 0.25) is 0 Å². The van der Waals surface area contributed by atoms with E-state index < -0.39 is 21.8 Å². The van der Waals surface area contributed by atoms with Crippen molar-refractivity contribution in [3.63, 3.8) is 0 Å². The maximum atomic E-state index is 12.6. The third-order valence-electron chi connectivity index (χ3n) is 4.97. The lowest BCUT2D eigenvalue weighted by atomic mass is 10.0. The summed E-state index contributed by atoms with van der Waals surface area (Å²) in [5.41, 5.74) is 0.214. The fraction of sp³-hybridized carbons (Fsp3) is 0.625. The molecule has 8 heteroatoms. The van der Waals surface area contributed by atoms with E-state index in [0.29, 0.717) is 31.5 Å². The second-order valence-corrected chi connectivity index (χ2v) is 8.88. The van der Waals surface area contributed by atoms with Gasteiger partial charge in [0.1, 0.15) is 0 Å². The van der Waals surface area contributed by atoms with Gasteiger partial charge in [-0.1, -0.05) is 12.1 Å². The summed E-state index contributed by atoms with van der Waals surface area (Å²) < 4.78 is 63.2. The molecule has 2 saturated heterocycles. The number of rotatable bonds is 4. The Kier molecular flexibility index (Phi) is 4.65. The summed E-state index contributed by atoms with van der Waals surface area (Å²) in [6.45, 7) is 4.96. The predicted octanol–water partition coefficient (Wildman–Crippen LogP) is 2.42. The zero-order chi connectivity index (χ0) is 17.5. The first kappa shape index (κ1) is 17.7. The van der Waals surface area contributed by atoms with Gasteiger partial charge in [-0.05, 0) is 36.5 Å². The fourth-order valence-corrected chi connectivity index (χ4v) is 4.85. The molecule has 3 rings (SSSR count). The molecule has 2 heterocycles. The molecule has 2 atom stereocenters. The Hall–Kier alpha value is -1.12. The van der Waals surface area contributed by atoms with Crippen molar-refractivity contribution in [3.8, 4) is 0 Å². The highest BCUT2D eigenvalue weighted by Gasteiger charge is 2.43. The van der Waals surface area contributed by atoms with Gasteiger partial charge < -0.3 is 0 Å². The van der Waals surface area contributed by atoms with Gasteiger partial charge in [0.2, 0.25) is 10.0 Å². The van der Waals surface area contributed by atoms with Gasteiger partial charge in [0.05, 0.1) is 11.3 Å². The van der Waals surface area contributed by atoms with Crippen LogP contribution in [-0.4, -0.2) is 49.6 Å². The lowest BCUT2D eigenvalue weighted by molar-refractivity contribution is -0.137. The van der Waals surface area contributed by atoms with Crippen LogP contribution in [-0.2, 0) is 22.7 Å². The molecule has 0 bridgehead atoms. The quantitative estimate of drug-likeness (QED) is 0.826. The van der Waals surface area contributed by atoms with Crippen LogP contribution in [0.4, 0.5) is 13.2 Å². The molecular weight excluding hydrogens is 341 g/mol. The van der Waals surface area contributed by atoms with Crippen molar-refractivity contribution in [2.24, 2.45) is 11.8 Å². The van der Waals surface area contributed by atoms with E-state index in [-0.39, 0.29) is 5.75 Å².